The van der Waals surface area contributed by atoms with E-state index < -0.39 is 0 Å². The minimum atomic E-state index is 0.648. The maximum absolute atomic E-state index is 5.06. The number of rotatable bonds is 0. The molecule has 1 rings (SSSR count). The Bertz CT molecular complexity index is 163. The molecular weight excluding hydrogens is 124 g/mol. The van der Waals surface area contributed by atoms with Crippen LogP contribution in [-0.2, 0) is 4.74 Å². The minimum Gasteiger partial charge on any atom is -0.497 e. The van der Waals surface area contributed by atoms with Crippen LogP contribution in [0.25, 0.3) is 0 Å². The van der Waals surface area contributed by atoms with E-state index in [1.807, 2.05) is 42.5 Å². The van der Waals surface area contributed by atoms with Gasteiger partial charge in [-0.25, -0.2) is 0 Å². The molecule has 0 aromatic heterocycles. The van der Waals surface area contributed by atoms with Gasteiger partial charge in [-0.2, -0.15) is 0 Å². The van der Waals surface area contributed by atoms with E-state index in [0.29, 0.717) is 6.61 Å². The summed E-state index contributed by atoms with van der Waals surface area (Å²) in [5.74, 6) is 0. The molecule has 0 radical (unpaired) electrons. The monoisotopic (exact) mass is 134 g/mol. The normalized spacial score (nSPS) is 29.6. The van der Waals surface area contributed by atoms with E-state index >= 15 is 0 Å². The Labute approximate surface area is 61.0 Å². The minimum absolute atomic E-state index is 0.648. The van der Waals surface area contributed by atoms with Crippen LogP contribution in [0.4, 0.5) is 0 Å². The lowest BCUT2D eigenvalue weighted by Crippen LogP contribution is -1.79. The number of ether oxygens (including phenoxy) is 1. The van der Waals surface area contributed by atoms with Gasteiger partial charge in [0.1, 0.15) is 6.61 Å². The second kappa shape index (κ2) is 4.62. The third-order valence-corrected chi connectivity index (χ3v) is 1.06. The average molecular weight is 134 g/mol. The molecule has 52 valence electrons. The molecule has 1 nitrogen and oxygen atoms in total. The van der Waals surface area contributed by atoms with E-state index in [2.05, 4.69) is 0 Å². The van der Waals surface area contributed by atoms with Gasteiger partial charge in [0.05, 0.1) is 6.26 Å². The van der Waals surface area contributed by atoms with Crippen LogP contribution in [-0.4, -0.2) is 6.61 Å². The summed E-state index contributed by atoms with van der Waals surface area (Å²) in [4.78, 5) is 0. The van der Waals surface area contributed by atoms with Gasteiger partial charge >= 0.3 is 0 Å². The van der Waals surface area contributed by atoms with Crippen molar-refractivity contribution in [1.29, 1.82) is 0 Å². The molecule has 0 saturated heterocycles. The van der Waals surface area contributed by atoms with Crippen LogP contribution in [0, 0.1) is 0 Å². The molecule has 0 spiro atoms. The van der Waals surface area contributed by atoms with Crippen molar-refractivity contribution < 1.29 is 4.74 Å². The Morgan fingerprint density at radius 2 is 1.50 bits per heavy atom. The van der Waals surface area contributed by atoms with E-state index in [9.17, 15) is 0 Å². The number of hydrogen-bond donors (Lipinski definition) is 0. The van der Waals surface area contributed by atoms with E-state index in [1.54, 1.807) is 6.26 Å². The lowest BCUT2D eigenvalue weighted by molar-refractivity contribution is 0.290. The van der Waals surface area contributed by atoms with Gasteiger partial charge in [-0.05, 0) is 12.2 Å². The fourth-order valence-corrected chi connectivity index (χ4v) is 0.603. The number of hydrogen-bond acceptors (Lipinski definition) is 1. The zero-order chi connectivity index (χ0) is 7.07. The molecule has 0 fully saturated rings. The molecule has 0 saturated carbocycles. The van der Waals surface area contributed by atoms with Gasteiger partial charge in [-0.3, -0.25) is 0 Å². The lowest BCUT2D eigenvalue weighted by atomic mass is 10.4. The van der Waals surface area contributed by atoms with Crippen molar-refractivity contribution in [3.63, 3.8) is 0 Å². The highest BCUT2D eigenvalue weighted by atomic mass is 16.5. The Kier molecular flexibility index (Phi) is 3.18. The lowest BCUT2D eigenvalue weighted by Gasteiger charge is -1.91. The van der Waals surface area contributed by atoms with Crippen LogP contribution in [0.2, 0.25) is 0 Å². The first-order valence-electron chi connectivity index (χ1n) is 3.27. The van der Waals surface area contributed by atoms with Crippen molar-refractivity contribution in [3.05, 3.63) is 48.8 Å². The highest BCUT2D eigenvalue weighted by Gasteiger charge is 1.72. The predicted octanol–water partition coefficient (Wildman–Crippen LogP) is 2.20. The molecule has 0 atom stereocenters. The molecule has 1 aliphatic rings. The largest absolute Gasteiger partial charge is 0.497 e. The Balaban J connectivity index is 2.53. The molecule has 1 heteroatoms. The number of allylic oxidation sites excluding steroid dienone is 6. The first-order valence-corrected chi connectivity index (χ1v) is 3.27. The SMILES string of the molecule is C1=C\C=C\C=C/CO\C=C/1. The van der Waals surface area contributed by atoms with Crippen molar-refractivity contribution in [3.8, 4) is 0 Å². The zero-order valence-electron chi connectivity index (χ0n) is 5.73. The Morgan fingerprint density at radius 3 is 2.40 bits per heavy atom. The fourth-order valence-electron chi connectivity index (χ4n) is 0.603. The van der Waals surface area contributed by atoms with Gasteiger partial charge in [0.2, 0.25) is 0 Å². The van der Waals surface area contributed by atoms with Crippen molar-refractivity contribution in [2.24, 2.45) is 0 Å². The molecule has 0 aromatic carbocycles. The third kappa shape index (κ3) is 2.92. The summed E-state index contributed by atoms with van der Waals surface area (Å²) in [5.41, 5.74) is 0. The maximum Gasteiger partial charge on any atom is 0.106 e. The van der Waals surface area contributed by atoms with Crippen LogP contribution in [0.15, 0.2) is 48.8 Å². The van der Waals surface area contributed by atoms with Gasteiger partial charge in [0.15, 0.2) is 0 Å². The molecule has 1 heterocycles. The molecule has 0 N–H and O–H groups in total. The summed E-state index contributed by atoms with van der Waals surface area (Å²) in [5, 5.41) is 0. The van der Waals surface area contributed by atoms with Gasteiger partial charge in [0, 0.05) is 0 Å². The molecular formula is C9H10O. The van der Waals surface area contributed by atoms with E-state index in [1.165, 1.54) is 0 Å². The zero-order valence-corrected chi connectivity index (χ0v) is 5.73. The summed E-state index contributed by atoms with van der Waals surface area (Å²) in [6.45, 7) is 0.648. The van der Waals surface area contributed by atoms with Crippen LogP contribution in [0.1, 0.15) is 0 Å². The summed E-state index contributed by atoms with van der Waals surface area (Å²) in [6.07, 6.45) is 15.3. The van der Waals surface area contributed by atoms with Gasteiger partial charge in [-0.1, -0.05) is 30.4 Å². The van der Waals surface area contributed by atoms with Crippen molar-refractivity contribution >= 4 is 0 Å². The maximum atomic E-state index is 5.06. The van der Waals surface area contributed by atoms with Crippen molar-refractivity contribution in [1.82, 2.24) is 0 Å². The first-order chi connectivity index (χ1) is 5.00. The summed E-state index contributed by atoms with van der Waals surface area (Å²) >= 11 is 0. The molecule has 0 amide bonds. The molecule has 0 aromatic rings. The summed E-state index contributed by atoms with van der Waals surface area (Å²) < 4.78 is 5.06. The molecule has 0 bridgehead atoms. The smallest absolute Gasteiger partial charge is 0.106 e. The van der Waals surface area contributed by atoms with Crippen LogP contribution >= 0.6 is 0 Å². The second-order valence-electron chi connectivity index (χ2n) is 1.86. The fraction of sp³-hybridized carbons (Fsp3) is 0.111. The quantitative estimate of drug-likeness (QED) is 0.493. The van der Waals surface area contributed by atoms with Gasteiger partial charge < -0.3 is 4.74 Å². The predicted molar refractivity (Wildman–Crippen MR) is 42.5 cm³/mol. The Morgan fingerprint density at radius 1 is 0.800 bits per heavy atom. The standard InChI is InChI=1S/C9H10O/c1-2-4-6-8-10-9-7-5-3-1/h1-8H,9H2/b3-1+,4-2-,7-5-,8-6-. The van der Waals surface area contributed by atoms with Crippen molar-refractivity contribution in [2.75, 3.05) is 6.61 Å². The third-order valence-electron chi connectivity index (χ3n) is 1.06. The van der Waals surface area contributed by atoms with Crippen molar-refractivity contribution in [2.45, 2.75) is 0 Å². The van der Waals surface area contributed by atoms with Gasteiger partial charge in [-0.15, -0.1) is 0 Å². The molecule has 0 unspecified atom stereocenters. The van der Waals surface area contributed by atoms with Crippen LogP contribution < -0.4 is 0 Å². The summed E-state index contributed by atoms with van der Waals surface area (Å²) in [7, 11) is 0. The molecule has 0 aliphatic carbocycles. The van der Waals surface area contributed by atoms with E-state index in [-0.39, 0.29) is 0 Å². The summed E-state index contributed by atoms with van der Waals surface area (Å²) in [6, 6.07) is 0. The average Bonchev–Trinajstić information content (AvgIpc) is 2.01. The van der Waals surface area contributed by atoms with Crippen LogP contribution in [0.3, 0.4) is 0 Å². The topological polar surface area (TPSA) is 9.23 Å². The van der Waals surface area contributed by atoms with Crippen LogP contribution in [0.5, 0.6) is 0 Å². The van der Waals surface area contributed by atoms with E-state index in [4.69, 9.17) is 4.74 Å². The van der Waals surface area contributed by atoms with Gasteiger partial charge in [0.25, 0.3) is 0 Å². The Hall–Kier alpha value is -1.24. The highest BCUT2D eigenvalue weighted by Crippen LogP contribution is 1.87. The molecule has 10 heavy (non-hydrogen) atoms. The highest BCUT2D eigenvalue weighted by molar-refractivity contribution is 5.15. The first kappa shape index (κ1) is 6.87. The van der Waals surface area contributed by atoms with E-state index in [0.717, 1.165) is 0 Å². The second-order valence-corrected chi connectivity index (χ2v) is 1.86. The molecule has 1 aliphatic heterocycles.